The minimum Gasteiger partial charge on any atom is -0.497 e. The van der Waals surface area contributed by atoms with Crippen LogP contribution >= 0.6 is 0 Å². The van der Waals surface area contributed by atoms with Crippen LogP contribution in [0.2, 0.25) is 0 Å². The summed E-state index contributed by atoms with van der Waals surface area (Å²) in [5.41, 5.74) is 15.7. The van der Waals surface area contributed by atoms with Gasteiger partial charge in [-0.3, -0.25) is 0 Å². The average molecular weight is 560 g/mol. The van der Waals surface area contributed by atoms with Gasteiger partial charge in [0.1, 0.15) is 23.0 Å². The number of hydrogen-bond acceptors (Lipinski definition) is 5. The van der Waals surface area contributed by atoms with E-state index >= 15 is 0 Å². The van der Waals surface area contributed by atoms with Crippen molar-refractivity contribution >= 4 is 5.69 Å². The Morgan fingerprint density at radius 3 is 0.881 bits per heavy atom. The van der Waals surface area contributed by atoms with Crippen LogP contribution in [-0.2, 0) is 0 Å². The first kappa shape index (κ1) is 28.6. The molecule has 5 rings (SSSR count). The summed E-state index contributed by atoms with van der Waals surface area (Å²) >= 11 is 0. The van der Waals surface area contributed by atoms with E-state index in [2.05, 4.69) is 67.6 Å². The fourth-order valence-corrected chi connectivity index (χ4v) is 5.62. The van der Waals surface area contributed by atoms with Gasteiger partial charge in [0, 0.05) is 17.5 Å². The van der Waals surface area contributed by atoms with Gasteiger partial charge in [0.2, 0.25) is 0 Å². The molecule has 5 aromatic carbocycles. The van der Waals surface area contributed by atoms with E-state index in [1.54, 1.807) is 28.4 Å². The highest BCUT2D eigenvalue weighted by Crippen LogP contribution is 2.43. The van der Waals surface area contributed by atoms with Crippen molar-refractivity contribution < 1.29 is 18.9 Å². The SMILES string of the molecule is COc1ccc(C(c2ccc(OC)cc2)c2cc(C)cc(C(c3ccc(OC)cc3)c3ccc(OC)cc3)c2N)cc1. The predicted molar refractivity (Wildman–Crippen MR) is 169 cm³/mol. The molecule has 0 atom stereocenters. The molecule has 0 aliphatic rings. The first-order chi connectivity index (χ1) is 20.4. The number of nitrogen functional groups attached to an aromatic ring is 1. The molecule has 2 N–H and O–H groups in total. The molecule has 5 nitrogen and oxygen atoms in total. The van der Waals surface area contributed by atoms with Crippen molar-refractivity contribution in [3.05, 3.63) is 148 Å². The average Bonchev–Trinajstić information content (AvgIpc) is 3.04. The second-order valence-electron chi connectivity index (χ2n) is 10.3. The maximum absolute atomic E-state index is 7.23. The standard InChI is InChI=1S/C37H37NO4/c1-24-22-33(35(25-6-14-29(39-2)15-7-25)26-8-16-30(40-3)17-9-26)37(38)34(23-24)36(27-10-18-31(41-4)19-11-27)28-12-20-32(42-5)21-13-28/h6-23,35-36H,38H2,1-5H3. The molecule has 0 amide bonds. The lowest BCUT2D eigenvalue weighted by atomic mass is 9.78. The molecule has 0 saturated heterocycles. The number of anilines is 1. The van der Waals surface area contributed by atoms with E-state index in [9.17, 15) is 0 Å². The van der Waals surface area contributed by atoms with Crippen LogP contribution in [0.25, 0.3) is 0 Å². The Morgan fingerprint density at radius 1 is 0.429 bits per heavy atom. The minimum absolute atomic E-state index is 0.104. The van der Waals surface area contributed by atoms with Crippen LogP contribution in [0.5, 0.6) is 23.0 Å². The number of methoxy groups -OCH3 is 4. The van der Waals surface area contributed by atoms with Crippen LogP contribution in [0.15, 0.2) is 109 Å². The molecule has 0 unspecified atom stereocenters. The second-order valence-corrected chi connectivity index (χ2v) is 10.3. The monoisotopic (exact) mass is 559 g/mol. The maximum Gasteiger partial charge on any atom is 0.118 e. The quantitative estimate of drug-likeness (QED) is 0.139. The summed E-state index contributed by atoms with van der Waals surface area (Å²) in [6.07, 6.45) is 0. The van der Waals surface area contributed by atoms with Gasteiger partial charge in [0.15, 0.2) is 0 Å². The summed E-state index contributed by atoms with van der Waals surface area (Å²) in [6.45, 7) is 2.13. The third-order valence-electron chi connectivity index (χ3n) is 7.81. The van der Waals surface area contributed by atoms with Crippen LogP contribution in [-0.4, -0.2) is 28.4 Å². The van der Waals surface area contributed by atoms with Gasteiger partial charge in [0.05, 0.1) is 28.4 Å². The Hall–Kier alpha value is -4.90. The van der Waals surface area contributed by atoms with E-state index in [1.807, 2.05) is 48.5 Å². The number of aryl methyl sites for hydroxylation is 1. The molecule has 0 spiro atoms. The molecule has 0 fully saturated rings. The van der Waals surface area contributed by atoms with Crippen LogP contribution in [0.1, 0.15) is 50.8 Å². The zero-order valence-corrected chi connectivity index (χ0v) is 24.8. The predicted octanol–water partition coefficient (Wildman–Crippen LogP) is 7.97. The normalized spacial score (nSPS) is 11.0. The van der Waals surface area contributed by atoms with Gasteiger partial charge >= 0.3 is 0 Å². The third-order valence-corrected chi connectivity index (χ3v) is 7.81. The molecule has 0 heterocycles. The Kier molecular flexibility index (Phi) is 8.68. The van der Waals surface area contributed by atoms with Gasteiger partial charge in [-0.25, -0.2) is 0 Å². The Balaban J connectivity index is 1.72. The molecule has 0 radical (unpaired) electrons. The van der Waals surface area contributed by atoms with Crippen molar-refractivity contribution in [1.82, 2.24) is 0 Å². The fourth-order valence-electron chi connectivity index (χ4n) is 5.62. The summed E-state index contributed by atoms with van der Waals surface area (Å²) in [4.78, 5) is 0. The summed E-state index contributed by atoms with van der Waals surface area (Å²) in [5, 5.41) is 0. The first-order valence-electron chi connectivity index (χ1n) is 13.9. The fraction of sp³-hybridized carbons (Fsp3) is 0.189. The molecule has 42 heavy (non-hydrogen) atoms. The molecule has 214 valence electrons. The lowest BCUT2D eigenvalue weighted by Crippen LogP contribution is -2.13. The highest BCUT2D eigenvalue weighted by Gasteiger charge is 2.26. The van der Waals surface area contributed by atoms with Crippen molar-refractivity contribution in [2.24, 2.45) is 0 Å². The molecular formula is C37H37NO4. The van der Waals surface area contributed by atoms with Crippen LogP contribution < -0.4 is 24.7 Å². The van der Waals surface area contributed by atoms with Crippen LogP contribution in [0.3, 0.4) is 0 Å². The largest absolute Gasteiger partial charge is 0.497 e. The molecule has 0 aromatic heterocycles. The second kappa shape index (κ2) is 12.7. The van der Waals surface area contributed by atoms with Gasteiger partial charge < -0.3 is 24.7 Å². The van der Waals surface area contributed by atoms with Crippen molar-refractivity contribution in [2.45, 2.75) is 18.8 Å². The van der Waals surface area contributed by atoms with E-state index in [0.29, 0.717) is 0 Å². The van der Waals surface area contributed by atoms with Crippen molar-refractivity contribution in [3.63, 3.8) is 0 Å². The first-order valence-corrected chi connectivity index (χ1v) is 13.9. The number of nitrogens with two attached hydrogens (primary N) is 1. The van der Waals surface area contributed by atoms with Gasteiger partial charge in [-0.05, 0) is 88.8 Å². The molecule has 0 bridgehead atoms. The summed E-state index contributed by atoms with van der Waals surface area (Å²) in [7, 11) is 6.72. The van der Waals surface area contributed by atoms with E-state index in [0.717, 1.165) is 67.6 Å². The van der Waals surface area contributed by atoms with E-state index in [4.69, 9.17) is 24.7 Å². The number of hydrogen-bond donors (Lipinski definition) is 1. The summed E-state index contributed by atoms with van der Waals surface area (Å²) in [6, 6.07) is 37.3. The van der Waals surface area contributed by atoms with Gasteiger partial charge in [0.25, 0.3) is 0 Å². The molecule has 0 aliphatic heterocycles. The smallest absolute Gasteiger partial charge is 0.118 e. The topological polar surface area (TPSA) is 62.9 Å². The van der Waals surface area contributed by atoms with Crippen molar-refractivity contribution in [2.75, 3.05) is 34.2 Å². The molecular weight excluding hydrogens is 522 g/mol. The van der Waals surface area contributed by atoms with E-state index < -0.39 is 0 Å². The molecule has 0 saturated carbocycles. The molecule has 5 aromatic rings. The van der Waals surface area contributed by atoms with Crippen molar-refractivity contribution in [3.8, 4) is 23.0 Å². The van der Waals surface area contributed by atoms with Crippen LogP contribution in [0, 0.1) is 6.92 Å². The van der Waals surface area contributed by atoms with Crippen molar-refractivity contribution in [1.29, 1.82) is 0 Å². The maximum atomic E-state index is 7.23. The third kappa shape index (κ3) is 5.91. The molecule has 0 aliphatic carbocycles. The zero-order valence-electron chi connectivity index (χ0n) is 24.8. The zero-order chi connectivity index (χ0) is 29.6. The Labute approximate surface area is 248 Å². The summed E-state index contributed by atoms with van der Waals surface area (Å²) in [5.74, 6) is 3.03. The molecule has 5 heteroatoms. The van der Waals surface area contributed by atoms with E-state index in [-0.39, 0.29) is 11.8 Å². The Bertz CT molecular complexity index is 1390. The lowest BCUT2D eigenvalue weighted by Gasteiger charge is -2.27. The van der Waals surface area contributed by atoms with Gasteiger partial charge in [-0.15, -0.1) is 0 Å². The van der Waals surface area contributed by atoms with Crippen LogP contribution in [0.4, 0.5) is 5.69 Å². The number of benzene rings is 5. The number of rotatable bonds is 10. The number of ether oxygens (including phenoxy) is 4. The van der Waals surface area contributed by atoms with E-state index in [1.165, 1.54) is 0 Å². The highest BCUT2D eigenvalue weighted by molar-refractivity contribution is 5.66. The van der Waals surface area contributed by atoms with Gasteiger partial charge in [-0.2, -0.15) is 0 Å². The highest BCUT2D eigenvalue weighted by atomic mass is 16.5. The van der Waals surface area contributed by atoms with Gasteiger partial charge in [-0.1, -0.05) is 66.2 Å². The Morgan fingerprint density at radius 2 is 0.667 bits per heavy atom. The summed E-state index contributed by atoms with van der Waals surface area (Å²) < 4.78 is 21.8. The lowest BCUT2D eigenvalue weighted by molar-refractivity contribution is 0.414. The minimum atomic E-state index is -0.104.